The van der Waals surface area contributed by atoms with Gasteiger partial charge < -0.3 is 14.8 Å². The fourth-order valence-electron chi connectivity index (χ4n) is 2.47. The first-order valence-electron chi connectivity index (χ1n) is 6.79. The van der Waals surface area contributed by atoms with E-state index in [1.807, 2.05) is 11.5 Å². The van der Waals surface area contributed by atoms with Gasteiger partial charge in [-0.15, -0.1) is 0 Å². The van der Waals surface area contributed by atoms with Gasteiger partial charge in [-0.2, -0.15) is 0 Å². The fraction of sp³-hybridized carbons (Fsp3) is 0.188. The van der Waals surface area contributed by atoms with Crippen LogP contribution in [0.25, 0.3) is 22.4 Å². The van der Waals surface area contributed by atoms with E-state index in [1.165, 1.54) is 24.3 Å². The summed E-state index contributed by atoms with van der Waals surface area (Å²) >= 11 is 0. The molecule has 0 unspecified atom stereocenters. The smallest absolute Gasteiger partial charge is 0.151 e. The van der Waals surface area contributed by atoms with Gasteiger partial charge in [-0.25, -0.2) is 9.37 Å². The quantitative estimate of drug-likeness (QED) is 0.722. The number of halogens is 1. The second-order valence-corrected chi connectivity index (χ2v) is 4.90. The minimum atomic E-state index is -0.400. The summed E-state index contributed by atoms with van der Waals surface area (Å²) < 4.78 is 15.8. The number of imidazole rings is 1. The molecule has 0 aliphatic carbocycles. The summed E-state index contributed by atoms with van der Waals surface area (Å²) in [6.45, 7) is 2.65. The van der Waals surface area contributed by atoms with Crippen molar-refractivity contribution in [2.75, 3.05) is 0 Å². The number of aryl methyl sites for hydroxylation is 1. The largest absolute Gasteiger partial charge is 0.508 e. The first-order valence-corrected chi connectivity index (χ1v) is 6.79. The molecular weight excluding hydrogens is 271 g/mol. The molecule has 1 heterocycles. The van der Waals surface area contributed by atoms with Gasteiger partial charge in [0.25, 0.3) is 0 Å². The van der Waals surface area contributed by atoms with E-state index in [4.69, 9.17) is 0 Å². The topological polar surface area (TPSA) is 58.3 Å². The maximum Gasteiger partial charge on any atom is 0.151 e. The van der Waals surface area contributed by atoms with Gasteiger partial charge in [0.2, 0.25) is 0 Å². The lowest BCUT2D eigenvalue weighted by Gasteiger charge is -2.09. The molecule has 21 heavy (non-hydrogen) atoms. The van der Waals surface area contributed by atoms with Crippen LogP contribution in [0.2, 0.25) is 0 Å². The number of para-hydroxylation sites is 1. The van der Waals surface area contributed by atoms with Crippen LogP contribution in [0.5, 0.6) is 11.5 Å². The predicted octanol–water partition coefficient (Wildman–Crippen LogP) is 3.66. The van der Waals surface area contributed by atoms with Gasteiger partial charge >= 0.3 is 0 Å². The van der Waals surface area contributed by atoms with Crippen molar-refractivity contribution in [2.45, 2.75) is 19.9 Å². The van der Waals surface area contributed by atoms with Gasteiger partial charge in [-0.05, 0) is 36.8 Å². The molecule has 0 amide bonds. The molecule has 0 fully saturated rings. The van der Waals surface area contributed by atoms with Gasteiger partial charge in [-0.1, -0.05) is 13.0 Å². The van der Waals surface area contributed by atoms with Crippen molar-refractivity contribution in [3.05, 3.63) is 42.2 Å². The molecule has 0 radical (unpaired) electrons. The Morgan fingerprint density at radius 3 is 2.76 bits per heavy atom. The molecule has 0 saturated carbocycles. The minimum Gasteiger partial charge on any atom is -0.508 e. The maximum atomic E-state index is 13.9. The van der Waals surface area contributed by atoms with Crippen LogP contribution < -0.4 is 0 Å². The van der Waals surface area contributed by atoms with Crippen LogP contribution in [0.4, 0.5) is 4.39 Å². The zero-order chi connectivity index (χ0) is 15.0. The maximum absolute atomic E-state index is 13.9. The third-order valence-electron chi connectivity index (χ3n) is 3.40. The second-order valence-electron chi connectivity index (χ2n) is 4.90. The van der Waals surface area contributed by atoms with Crippen molar-refractivity contribution >= 4 is 11.0 Å². The van der Waals surface area contributed by atoms with Crippen molar-refractivity contribution in [1.82, 2.24) is 9.55 Å². The highest BCUT2D eigenvalue weighted by Gasteiger charge is 2.17. The van der Waals surface area contributed by atoms with Crippen LogP contribution in [0.15, 0.2) is 36.4 Å². The number of benzene rings is 2. The van der Waals surface area contributed by atoms with Gasteiger partial charge in [-0.3, -0.25) is 0 Å². The van der Waals surface area contributed by atoms with Crippen molar-refractivity contribution in [3.63, 3.8) is 0 Å². The van der Waals surface area contributed by atoms with Crippen LogP contribution in [0.1, 0.15) is 13.3 Å². The summed E-state index contributed by atoms with van der Waals surface area (Å²) in [5, 5.41) is 19.6. The molecule has 3 rings (SSSR count). The lowest BCUT2D eigenvalue weighted by molar-refractivity contribution is 0.461. The average molecular weight is 286 g/mol. The summed E-state index contributed by atoms with van der Waals surface area (Å²) in [6.07, 6.45) is 0.842. The minimum absolute atomic E-state index is 0.000803. The van der Waals surface area contributed by atoms with E-state index in [1.54, 1.807) is 12.1 Å². The molecule has 2 aromatic carbocycles. The number of hydrogen-bond acceptors (Lipinski definition) is 3. The number of aromatic hydroxyl groups is 2. The number of rotatable bonds is 3. The zero-order valence-electron chi connectivity index (χ0n) is 11.5. The highest BCUT2D eigenvalue weighted by molar-refractivity contribution is 5.82. The summed E-state index contributed by atoms with van der Waals surface area (Å²) in [4.78, 5) is 4.32. The average Bonchev–Trinajstić information content (AvgIpc) is 2.82. The first-order chi connectivity index (χ1) is 10.1. The Balaban J connectivity index is 2.33. The molecule has 0 atom stereocenters. The van der Waals surface area contributed by atoms with Crippen LogP contribution in [0.3, 0.4) is 0 Å². The monoisotopic (exact) mass is 286 g/mol. The highest BCUT2D eigenvalue weighted by atomic mass is 19.1. The number of phenols is 2. The molecule has 0 aliphatic heterocycles. The van der Waals surface area contributed by atoms with E-state index in [0.717, 1.165) is 6.42 Å². The molecule has 0 spiro atoms. The Morgan fingerprint density at radius 2 is 2.00 bits per heavy atom. The van der Waals surface area contributed by atoms with Crippen LogP contribution in [-0.4, -0.2) is 19.8 Å². The molecule has 108 valence electrons. The van der Waals surface area contributed by atoms with Gasteiger partial charge in [0.1, 0.15) is 22.8 Å². The summed E-state index contributed by atoms with van der Waals surface area (Å²) in [7, 11) is 0. The summed E-state index contributed by atoms with van der Waals surface area (Å²) in [5.74, 6) is 0.0767. The molecule has 2 N–H and O–H groups in total. The Bertz CT molecular complexity index is 811. The molecule has 4 nitrogen and oxygen atoms in total. The molecule has 0 bridgehead atoms. The SMILES string of the molecule is CCCn1c(-c2cc(O)ccc2O)nc2c(F)cccc21. The van der Waals surface area contributed by atoms with Crippen molar-refractivity contribution in [3.8, 4) is 22.9 Å². The number of nitrogens with zero attached hydrogens (tertiary/aromatic N) is 2. The highest BCUT2D eigenvalue weighted by Crippen LogP contribution is 2.34. The van der Waals surface area contributed by atoms with Crippen molar-refractivity contribution in [1.29, 1.82) is 0 Å². The van der Waals surface area contributed by atoms with Crippen LogP contribution >= 0.6 is 0 Å². The third-order valence-corrected chi connectivity index (χ3v) is 3.40. The number of fused-ring (bicyclic) bond motifs is 1. The van der Waals surface area contributed by atoms with E-state index in [-0.39, 0.29) is 17.0 Å². The Morgan fingerprint density at radius 1 is 1.19 bits per heavy atom. The number of hydrogen-bond donors (Lipinski definition) is 2. The van der Waals surface area contributed by atoms with Crippen molar-refractivity contribution in [2.24, 2.45) is 0 Å². The van der Waals surface area contributed by atoms with E-state index < -0.39 is 5.82 Å². The summed E-state index contributed by atoms with van der Waals surface area (Å²) in [5.41, 5.74) is 1.33. The molecule has 0 saturated heterocycles. The number of aromatic nitrogens is 2. The zero-order valence-corrected chi connectivity index (χ0v) is 11.5. The molecule has 1 aromatic heterocycles. The van der Waals surface area contributed by atoms with Gasteiger partial charge in [0, 0.05) is 6.54 Å². The summed E-state index contributed by atoms with van der Waals surface area (Å²) in [6, 6.07) is 9.02. The predicted molar refractivity (Wildman–Crippen MR) is 78.7 cm³/mol. The molecular formula is C16H15FN2O2. The van der Waals surface area contributed by atoms with E-state index in [9.17, 15) is 14.6 Å². The van der Waals surface area contributed by atoms with Crippen molar-refractivity contribution < 1.29 is 14.6 Å². The molecule has 5 heteroatoms. The van der Waals surface area contributed by atoms with E-state index in [0.29, 0.717) is 23.4 Å². The number of phenolic OH excluding ortho intramolecular Hbond substituents is 2. The van der Waals surface area contributed by atoms with Gasteiger partial charge in [0.15, 0.2) is 5.82 Å². The Hall–Kier alpha value is -2.56. The molecule has 3 aromatic rings. The Kier molecular flexibility index (Phi) is 3.25. The van der Waals surface area contributed by atoms with E-state index >= 15 is 0 Å². The van der Waals surface area contributed by atoms with Crippen LogP contribution in [0, 0.1) is 5.82 Å². The van der Waals surface area contributed by atoms with Gasteiger partial charge in [0.05, 0.1) is 11.1 Å². The molecule has 0 aliphatic rings. The Labute approximate surface area is 121 Å². The third kappa shape index (κ3) is 2.20. The lowest BCUT2D eigenvalue weighted by Crippen LogP contribution is -1.99. The second kappa shape index (κ2) is 5.09. The normalized spacial score (nSPS) is 11.1. The van der Waals surface area contributed by atoms with Crippen LogP contribution in [-0.2, 0) is 6.54 Å². The lowest BCUT2D eigenvalue weighted by atomic mass is 10.1. The standard InChI is InChI=1S/C16H15FN2O2/c1-2-8-19-13-5-3-4-12(17)15(13)18-16(19)11-9-10(20)6-7-14(11)21/h3-7,9,20-21H,2,8H2,1H3. The fourth-order valence-corrected chi connectivity index (χ4v) is 2.47. The first kappa shape index (κ1) is 13.4. The van der Waals surface area contributed by atoms with E-state index in [2.05, 4.69) is 4.98 Å².